The van der Waals surface area contributed by atoms with Crippen molar-refractivity contribution in [3.05, 3.63) is 70.3 Å². The van der Waals surface area contributed by atoms with Crippen molar-refractivity contribution in [1.29, 1.82) is 0 Å². The second-order valence-corrected chi connectivity index (χ2v) is 13.5. The number of ether oxygens (including phenoxy) is 1. The molecule has 2 amide bonds. The zero-order chi connectivity index (χ0) is 30.0. The SMILES string of the molecule is Cc1c[nH]c2ncc(-c3cc4c(c([C@@H]5CCCN5C(=O)OC(C)(C)C)c3)CN(C(=O)c3cc(C5CC5)nn3C)CC4)cc12. The van der Waals surface area contributed by atoms with Gasteiger partial charge in [0.25, 0.3) is 5.91 Å². The highest BCUT2D eigenvalue weighted by Crippen LogP contribution is 2.42. The molecule has 0 bridgehead atoms. The highest BCUT2D eigenvalue weighted by atomic mass is 16.6. The van der Waals surface area contributed by atoms with Gasteiger partial charge in [-0.2, -0.15) is 5.10 Å². The number of carbonyl (C=O) groups excluding carboxylic acids is 2. The molecule has 7 rings (SSSR count). The van der Waals surface area contributed by atoms with Gasteiger partial charge in [0, 0.05) is 55.9 Å². The second kappa shape index (κ2) is 10.2. The minimum Gasteiger partial charge on any atom is -0.444 e. The van der Waals surface area contributed by atoms with Crippen LogP contribution in [0.4, 0.5) is 4.79 Å². The lowest BCUT2D eigenvalue weighted by atomic mass is 9.86. The zero-order valence-corrected chi connectivity index (χ0v) is 25.7. The summed E-state index contributed by atoms with van der Waals surface area (Å²) >= 11 is 0. The first-order valence-corrected chi connectivity index (χ1v) is 15.5. The molecule has 1 atom stereocenters. The van der Waals surface area contributed by atoms with Crippen LogP contribution in [0.25, 0.3) is 22.2 Å². The molecule has 43 heavy (non-hydrogen) atoms. The van der Waals surface area contributed by atoms with E-state index < -0.39 is 5.60 Å². The third-order valence-electron chi connectivity index (χ3n) is 9.09. The molecule has 1 saturated carbocycles. The van der Waals surface area contributed by atoms with Crippen LogP contribution in [0.2, 0.25) is 0 Å². The molecule has 224 valence electrons. The van der Waals surface area contributed by atoms with E-state index in [1.54, 1.807) is 4.68 Å². The smallest absolute Gasteiger partial charge is 0.410 e. The Balaban J connectivity index is 1.28. The second-order valence-electron chi connectivity index (χ2n) is 13.5. The van der Waals surface area contributed by atoms with Gasteiger partial charge in [0.15, 0.2) is 0 Å². The number of fused-ring (bicyclic) bond motifs is 2. The van der Waals surface area contributed by atoms with Crippen LogP contribution in [0.1, 0.15) is 96.9 Å². The number of benzene rings is 1. The first-order valence-electron chi connectivity index (χ1n) is 15.5. The fraction of sp³-hybridized carbons (Fsp3) is 0.471. The summed E-state index contributed by atoms with van der Waals surface area (Å²) in [5.41, 5.74) is 8.71. The molecule has 0 unspecified atom stereocenters. The predicted molar refractivity (Wildman–Crippen MR) is 165 cm³/mol. The number of H-pyrrole nitrogens is 1. The molecule has 1 N–H and O–H groups in total. The Bertz CT molecular complexity index is 1740. The maximum atomic E-state index is 13.8. The quantitative estimate of drug-likeness (QED) is 0.301. The van der Waals surface area contributed by atoms with E-state index in [2.05, 4.69) is 35.2 Å². The molecule has 5 heterocycles. The Hall–Kier alpha value is -4.14. The molecule has 9 nitrogen and oxygen atoms in total. The summed E-state index contributed by atoms with van der Waals surface area (Å²) in [6.07, 6.45) is 8.41. The topological polar surface area (TPSA) is 96.3 Å². The summed E-state index contributed by atoms with van der Waals surface area (Å²) in [4.78, 5) is 39.0. The molecule has 1 aromatic carbocycles. The number of rotatable bonds is 4. The van der Waals surface area contributed by atoms with Crippen LogP contribution in [0, 0.1) is 6.92 Å². The molecule has 9 heteroatoms. The van der Waals surface area contributed by atoms with E-state index in [0.29, 0.717) is 31.2 Å². The molecule has 3 aliphatic rings. The highest BCUT2D eigenvalue weighted by Gasteiger charge is 2.37. The largest absolute Gasteiger partial charge is 0.444 e. The number of nitrogens with one attached hydrogen (secondary N) is 1. The molecule has 0 radical (unpaired) electrons. The lowest BCUT2D eigenvalue weighted by Gasteiger charge is -2.35. The molecule has 1 aliphatic carbocycles. The Morgan fingerprint density at radius 3 is 2.63 bits per heavy atom. The zero-order valence-electron chi connectivity index (χ0n) is 25.7. The van der Waals surface area contributed by atoms with Crippen molar-refractivity contribution in [3.8, 4) is 11.1 Å². The number of likely N-dealkylation sites (tertiary alicyclic amines) is 1. The number of aryl methyl sites for hydroxylation is 2. The average Bonchev–Trinajstić information content (AvgIpc) is 3.39. The number of carbonyl (C=O) groups is 2. The first-order chi connectivity index (χ1) is 20.6. The van der Waals surface area contributed by atoms with E-state index in [1.165, 1.54) is 5.56 Å². The minimum atomic E-state index is -0.577. The number of hydrogen-bond acceptors (Lipinski definition) is 5. The van der Waals surface area contributed by atoms with E-state index in [-0.39, 0.29) is 18.0 Å². The van der Waals surface area contributed by atoms with Crippen molar-refractivity contribution in [2.75, 3.05) is 13.1 Å². The van der Waals surface area contributed by atoms with Crippen molar-refractivity contribution >= 4 is 23.0 Å². The number of hydrogen-bond donors (Lipinski definition) is 1. The Kier molecular flexibility index (Phi) is 6.59. The number of amides is 2. The lowest BCUT2D eigenvalue weighted by Crippen LogP contribution is -2.39. The predicted octanol–water partition coefficient (Wildman–Crippen LogP) is 6.42. The van der Waals surface area contributed by atoms with Gasteiger partial charge < -0.3 is 19.5 Å². The maximum Gasteiger partial charge on any atom is 0.410 e. The molecule has 3 aromatic heterocycles. The van der Waals surface area contributed by atoms with Crippen molar-refractivity contribution < 1.29 is 14.3 Å². The van der Waals surface area contributed by atoms with E-state index in [9.17, 15) is 9.59 Å². The fourth-order valence-electron chi connectivity index (χ4n) is 6.69. The van der Waals surface area contributed by atoms with Gasteiger partial charge in [-0.15, -0.1) is 0 Å². The van der Waals surface area contributed by atoms with E-state index >= 15 is 0 Å². The van der Waals surface area contributed by atoms with Crippen molar-refractivity contribution in [2.24, 2.45) is 7.05 Å². The van der Waals surface area contributed by atoms with Gasteiger partial charge in [-0.05, 0) is 106 Å². The first kappa shape index (κ1) is 27.7. The normalized spacial score (nSPS) is 18.8. The van der Waals surface area contributed by atoms with E-state index in [1.807, 2.05) is 56.1 Å². The van der Waals surface area contributed by atoms with Crippen LogP contribution in [-0.2, 0) is 24.8 Å². The average molecular weight is 581 g/mol. The van der Waals surface area contributed by atoms with Gasteiger partial charge in [0.05, 0.1) is 11.7 Å². The van der Waals surface area contributed by atoms with Gasteiger partial charge >= 0.3 is 6.09 Å². The van der Waals surface area contributed by atoms with Crippen molar-refractivity contribution in [2.45, 2.75) is 83.9 Å². The third kappa shape index (κ3) is 5.19. The van der Waals surface area contributed by atoms with Crippen LogP contribution in [-0.4, -0.2) is 60.2 Å². The number of aromatic amines is 1. The molecule has 1 saturated heterocycles. The van der Waals surface area contributed by atoms with E-state index in [4.69, 9.17) is 9.72 Å². The minimum absolute atomic E-state index is 0.00980. The molecule has 2 aliphatic heterocycles. The van der Waals surface area contributed by atoms with Crippen LogP contribution in [0.3, 0.4) is 0 Å². The van der Waals surface area contributed by atoms with Crippen molar-refractivity contribution in [3.63, 3.8) is 0 Å². The van der Waals surface area contributed by atoms with Gasteiger partial charge in [0.2, 0.25) is 0 Å². The summed E-state index contributed by atoms with van der Waals surface area (Å²) < 4.78 is 7.58. The van der Waals surface area contributed by atoms with Crippen molar-refractivity contribution in [1.82, 2.24) is 29.5 Å². The number of aromatic nitrogens is 4. The monoisotopic (exact) mass is 580 g/mol. The van der Waals surface area contributed by atoms with Gasteiger partial charge in [-0.25, -0.2) is 9.78 Å². The van der Waals surface area contributed by atoms with E-state index in [0.717, 1.165) is 76.6 Å². The van der Waals surface area contributed by atoms with Gasteiger partial charge in [-0.1, -0.05) is 6.07 Å². The molecular formula is C34H40N6O3. The Labute approximate surface area is 252 Å². The summed E-state index contributed by atoms with van der Waals surface area (Å²) in [6, 6.07) is 8.53. The highest BCUT2D eigenvalue weighted by molar-refractivity contribution is 5.93. The standard InChI is InChI=1S/C34H40N6O3/c1-20-17-35-31-25(20)15-24(18-36-31)23-13-22-10-12-39(32(41)30-16-28(21-8-9-21)37-38(30)5)19-27(22)26(14-23)29-7-6-11-40(29)33(42)43-34(2,3)4/h13-18,21,29H,6-12,19H2,1-5H3,(H,35,36)/t29-/m0/s1. The third-order valence-corrected chi connectivity index (χ3v) is 9.09. The molecule has 2 fully saturated rings. The molecule has 0 spiro atoms. The summed E-state index contributed by atoms with van der Waals surface area (Å²) in [5.74, 6) is 0.500. The van der Waals surface area contributed by atoms with Crippen LogP contribution < -0.4 is 0 Å². The lowest BCUT2D eigenvalue weighted by molar-refractivity contribution is 0.0222. The number of nitrogens with zero attached hydrogens (tertiary/aromatic N) is 5. The fourth-order valence-corrected chi connectivity index (χ4v) is 6.69. The molecule has 4 aromatic rings. The van der Waals surface area contributed by atoms with Gasteiger partial charge in [-0.3, -0.25) is 9.48 Å². The van der Waals surface area contributed by atoms with Gasteiger partial charge in [0.1, 0.15) is 16.9 Å². The van der Waals surface area contributed by atoms with Crippen LogP contribution >= 0.6 is 0 Å². The summed E-state index contributed by atoms with van der Waals surface area (Å²) in [7, 11) is 1.86. The summed E-state index contributed by atoms with van der Waals surface area (Å²) in [6.45, 7) is 9.58. The Morgan fingerprint density at radius 2 is 1.86 bits per heavy atom. The summed E-state index contributed by atoms with van der Waals surface area (Å²) in [5, 5.41) is 5.75. The number of pyridine rings is 1. The maximum absolute atomic E-state index is 13.8. The molecular weight excluding hydrogens is 540 g/mol. The Morgan fingerprint density at radius 1 is 1.05 bits per heavy atom. The van der Waals surface area contributed by atoms with Crippen LogP contribution in [0.5, 0.6) is 0 Å². The van der Waals surface area contributed by atoms with Crippen LogP contribution in [0.15, 0.2) is 36.7 Å².